The molecule has 0 aromatic heterocycles. The quantitative estimate of drug-likeness (QED) is 0.308. The highest BCUT2D eigenvalue weighted by Crippen LogP contribution is 2.63. The summed E-state index contributed by atoms with van der Waals surface area (Å²) in [4.78, 5) is 33.3. The molecule has 0 unspecified atom stereocenters. The van der Waals surface area contributed by atoms with Crippen molar-refractivity contribution in [1.82, 2.24) is 4.90 Å². The zero-order chi connectivity index (χ0) is 28.2. The molecule has 3 aromatic rings. The van der Waals surface area contributed by atoms with E-state index in [0.717, 1.165) is 19.5 Å². The summed E-state index contributed by atoms with van der Waals surface area (Å²) in [5, 5.41) is -0.0162. The Morgan fingerprint density at radius 2 is 1.72 bits per heavy atom. The minimum atomic E-state index is -5.22. The Kier molecular flexibility index (Phi) is 6.62. The van der Waals surface area contributed by atoms with Gasteiger partial charge in [0.1, 0.15) is 5.75 Å². The number of hydrogen-bond acceptors (Lipinski definition) is 5. The van der Waals surface area contributed by atoms with Crippen molar-refractivity contribution in [3.63, 3.8) is 0 Å². The molecule has 0 bridgehead atoms. The number of carbonyl (C=O) groups is 2. The maximum absolute atomic E-state index is 15.7. The molecule has 0 N–H and O–H groups in total. The first-order valence-electron chi connectivity index (χ1n) is 11.5. The Labute approximate surface area is 234 Å². The summed E-state index contributed by atoms with van der Waals surface area (Å²) in [6.45, 7) is -0.0702. The highest BCUT2D eigenvalue weighted by Gasteiger charge is 2.80. The van der Waals surface area contributed by atoms with Crippen LogP contribution in [0.1, 0.15) is 16.7 Å². The first-order valence-corrected chi connectivity index (χ1v) is 12.7. The van der Waals surface area contributed by atoms with Crippen LogP contribution in [0.15, 0.2) is 76.2 Å². The lowest BCUT2D eigenvalue weighted by Gasteiger charge is -2.52. The van der Waals surface area contributed by atoms with Crippen molar-refractivity contribution in [2.24, 2.45) is 4.99 Å². The third kappa shape index (κ3) is 3.81. The van der Waals surface area contributed by atoms with Gasteiger partial charge in [-0.1, -0.05) is 51.8 Å². The van der Waals surface area contributed by atoms with Crippen molar-refractivity contribution >= 4 is 51.6 Å². The lowest BCUT2D eigenvalue weighted by Crippen LogP contribution is -2.70. The van der Waals surface area contributed by atoms with Crippen molar-refractivity contribution in [2.45, 2.75) is 23.8 Å². The predicted molar refractivity (Wildman–Crippen MR) is 142 cm³/mol. The van der Waals surface area contributed by atoms with E-state index in [-0.39, 0.29) is 22.8 Å². The molecule has 2 amide bonds. The first-order chi connectivity index (χ1) is 18.5. The molecule has 0 saturated heterocycles. The van der Waals surface area contributed by atoms with E-state index in [4.69, 9.17) is 21.1 Å². The number of aliphatic imine (C=N–C) groups is 1. The molecule has 0 saturated carbocycles. The molecule has 3 aromatic carbocycles. The van der Waals surface area contributed by atoms with Crippen LogP contribution in [0.3, 0.4) is 0 Å². The van der Waals surface area contributed by atoms with Gasteiger partial charge < -0.3 is 9.47 Å². The number of hydrogen-bond donors (Lipinski definition) is 0. The van der Waals surface area contributed by atoms with E-state index in [1.807, 2.05) is 0 Å². The highest BCUT2D eigenvalue weighted by molar-refractivity contribution is 9.10. The van der Waals surface area contributed by atoms with Crippen LogP contribution in [-0.2, 0) is 27.2 Å². The number of rotatable bonds is 5. The normalized spacial score (nSPS) is 22.0. The van der Waals surface area contributed by atoms with E-state index in [9.17, 15) is 9.59 Å². The zero-order valence-electron chi connectivity index (χ0n) is 20.5. The molecule has 2 aliphatic heterocycles. The number of alkyl halides is 3. The summed E-state index contributed by atoms with van der Waals surface area (Å²) in [6, 6.07) is 15.2. The summed E-state index contributed by atoms with van der Waals surface area (Å²) in [5.41, 5.74) is -5.98. The highest BCUT2D eigenvalue weighted by atomic mass is 79.9. The van der Waals surface area contributed by atoms with Crippen LogP contribution in [0, 0.1) is 0 Å². The average Bonchev–Trinajstić information content (AvgIpc) is 3.30. The first kappa shape index (κ1) is 27.0. The summed E-state index contributed by atoms with van der Waals surface area (Å²) < 4.78 is 57.8. The van der Waals surface area contributed by atoms with Gasteiger partial charge in [-0.25, -0.2) is 14.6 Å². The van der Waals surface area contributed by atoms with E-state index in [0.29, 0.717) is 20.7 Å². The topological polar surface area (TPSA) is 71.4 Å². The number of benzene rings is 3. The van der Waals surface area contributed by atoms with Gasteiger partial charge in [-0.05, 0) is 53.6 Å². The number of carbonyl (C=O) groups excluding carboxylic acids is 2. The summed E-state index contributed by atoms with van der Waals surface area (Å²) >= 11 is 9.53. The molecule has 0 radical (unpaired) electrons. The number of halogens is 5. The standard InChI is InChI=1S/C27H20BrClF3N3O4/c1-38-20-10-3-16(4-11-20)14-34-22-12-9-19(29)13-21(22)26(27(30,31)32)25(23(36)39-2,33-15-35(26)24(34)37)17-5-7-18(28)8-6-17/h3-13,15H,14H2,1-2H3/t25-,26-/m0/s1. The van der Waals surface area contributed by atoms with E-state index in [2.05, 4.69) is 20.9 Å². The van der Waals surface area contributed by atoms with Gasteiger partial charge in [-0.2, -0.15) is 13.2 Å². The third-order valence-corrected chi connectivity index (χ3v) is 7.74. The maximum Gasteiger partial charge on any atom is 0.419 e. The second kappa shape index (κ2) is 9.56. The number of anilines is 1. The van der Waals surface area contributed by atoms with E-state index < -0.39 is 34.8 Å². The van der Waals surface area contributed by atoms with Crippen molar-refractivity contribution in [1.29, 1.82) is 0 Å². The fourth-order valence-corrected chi connectivity index (χ4v) is 5.72. The smallest absolute Gasteiger partial charge is 0.419 e. The molecule has 0 aliphatic carbocycles. The maximum atomic E-state index is 15.7. The van der Waals surface area contributed by atoms with Crippen molar-refractivity contribution in [3.05, 3.63) is 92.9 Å². The second-order valence-corrected chi connectivity index (χ2v) is 10.3. The lowest BCUT2D eigenvalue weighted by atomic mass is 9.66. The molecule has 5 rings (SSSR count). The molecular formula is C27H20BrClF3N3O4. The summed E-state index contributed by atoms with van der Waals surface area (Å²) in [6.07, 6.45) is -4.45. The molecule has 0 fully saturated rings. The van der Waals surface area contributed by atoms with Gasteiger partial charge in [-0.15, -0.1) is 0 Å². The van der Waals surface area contributed by atoms with Gasteiger partial charge in [0.05, 0.1) is 32.8 Å². The summed E-state index contributed by atoms with van der Waals surface area (Å²) in [5.74, 6) is -0.709. The Hall–Kier alpha value is -3.57. The molecular weight excluding hydrogens is 603 g/mol. The van der Waals surface area contributed by atoms with Gasteiger partial charge in [0, 0.05) is 15.1 Å². The van der Waals surface area contributed by atoms with Crippen LogP contribution in [0.25, 0.3) is 0 Å². The monoisotopic (exact) mass is 621 g/mol. The van der Waals surface area contributed by atoms with E-state index in [1.54, 1.807) is 24.3 Å². The van der Waals surface area contributed by atoms with Gasteiger partial charge in [-0.3, -0.25) is 9.80 Å². The second-order valence-electron chi connectivity index (χ2n) is 8.91. The van der Waals surface area contributed by atoms with Gasteiger partial charge in [0.25, 0.3) is 0 Å². The minimum absolute atomic E-state index is 0.0162. The molecule has 12 heteroatoms. The van der Waals surface area contributed by atoms with Gasteiger partial charge in [0.2, 0.25) is 11.1 Å². The van der Waals surface area contributed by atoms with Gasteiger partial charge >= 0.3 is 18.2 Å². The van der Waals surface area contributed by atoms with Gasteiger partial charge in [0.15, 0.2) is 0 Å². The molecule has 202 valence electrons. The molecule has 7 nitrogen and oxygen atoms in total. The Morgan fingerprint density at radius 3 is 2.31 bits per heavy atom. The molecule has 2 heterocycles. The molecule has 0 spiro atoms. The fourth-order valence-electron chi connectivity index (χ4n) is 5.28. The van der Waals surface area contributed by atoms with E-state index in [1.165, 1.54) is 48.4 Å². The Bertz CT molecular complexity index is 1480. The Morgan fingerprint density at radius 1 is 1.05 bits per heavy atom. The van der Waals surface area contributed by atoms with Crippen molar-refractivity contribution < 1.29 is 32.2 Å². The minimum Gasteiger partial charge on any atom is -0.497 e. The number of ether oxygens (including phenoxy) is 2. The SMILES string of the molecule is COC(=O)[C@]1(c2ccc(Br)cc2)N=CN2C(=O)N(Cc3ccc(OC)cc3)c3ccc(Cl)cc3[C@]21C(F)(F)F. The number of esters is 1. The van der Waals surface area contributed by atoms with Crippen LogP contribution in [-0.4, -0.2) is 43.6 Å². The zero-order valence-corrected chi connectivity index (χ0v) is 22.8. The van der Waals surface area contributed by atoms with Crippen molar-refractivity contribution in [2.75, 3.05) is 19.1 Å². The number of methoxy groups -OCH3 is 2. The Balaban J connectivity index is 1.81. The van der Waals surface area contributed by atoms with Crippen LogP contribution in [0.5, 0.6) is 5.75 Å². The van der Waals surface area contributed by atoms with Crippen LogP contribution < -0.4 is 9.64 Å². The molecule has 2 aliphatic rings. The third-order valence-electron chi connectivity index (χ3n) is 6.98. The number of urea groups is 1. The van der Waals surface area contributed by atoms with Crippen LogP contribution in [0.2, 0.25) is 5.02 Å². The molecule has 39 heavy (non-hydrogen) atoms. The number of nitrogens with zero attached hydrogens (tertiary/aromatic N) is 3. The van der Waals surface area contributed by atoms with Crippen molar-refractivity contribution in [3.8, 4) is 5.75 Å². The molecule has 2 atom stereocenters. The lowest BCUT2D eigenvalue weighted by molar-refractivity contribution is -0.239. The largest absolute Gasteiger partial charge is 0.497 e. The van der Waals surface area contributed by atoms with Crippen LogP contribution in [0.4, 0.5) is 23.7 Å². The predicted octanol–water partition coefficient (Wildman–Crippen LogP) is 6.42. The fraction of sp³-hybridized carbons (Fsp3) is 0.222. The summed E-state index contributed by atoms with van der Waals surface area (Å²) in [7, 11) is 2.48. The van der Waals surface area contributed by atoms with Crippen LogP contribution >= 0.6 is 27.5 Å². The van der Waals surface area contributed by atoms with E-state index >= 15 is 13.2 Å². The average molecular weight is 623 g/mol. The number of fused-ring (bicyclic) bond motifs is 3. The number of amides is 2.